The van der Waals surface area contributed by atoms with Crippen molar-refractivity contribution in [1.29, 1.82) is 0 Å². The molecule has 2 aromatic rings. The van der Waals surface area contributed by atoms with Gasteiger partial charge in [-0.1, -0.05) is 0 Å². The first-order chi connectivity index (χ1) is 8.65. The molecule has 0 aliphatic rings. The maximum Gasteiger partial charge on any atom is 0.307 e. The summed E-state index contributed by atoms with van der Waals surface area (Å²) in [4.78, 5) is 14.4. The van der Waals surface area contributed by atoms with E-state index in [4.69, 9.17) is 10.5 Å². The van der Waals surface area contributed by atoms with Crippen LogP contribution < -0.4 is 10.5 Å². The van der Waals surface area contributed by atoms with Gasteiger partial charge >= 0.3 is 5.97 Å². The molecule has 0 fully saturated rings. The maximum atomic E-state index is 11.2. The average Bonchev–Trinajstić information content (AvgIpc) is 2.81. The lowest BCUT2D eigenvalue weighted by Crippen LogP contribution is -2.15. The van der Waals surface area contributed by atoms with Gasteiger partial charge in [0.1, 0.15) is 5.75 Å². The maximum absolute atomic E-state index is 11.2. The molecule has 0 aliphatic carbocycles. The van der Waals surface area contributed by atoms with Gasteiger partial charge in [-0.15, -0.1) is 12.4 Å². The van der Waals surface area contributed by atoms with E-state index in [1.807, 2.05) is 24.4 Å². The zero-order chi connectivity index (χ0) is 13.1. The number of nitrogens with one attached hydrogen (secondary N) is 1. The van der Waals surface area contributed by atoms with Gasteiger partial charge < -0.3 is 20.2 Å². The molecule has 0 amide bonds. The Labute approximate surface area is 117 Å². The molecule has 1 aromatic carbocycles. The molecule has 1 aromatic heterocycles. The van der Waals surface area contributed by atoms with Gasteiger partial charge in [0.05, 0.1) is 20.6 Å². The highest BCUT2D eigenvalue weighted by molar-refractivity contribution is 5.86. The Kier molecular flexibility index (Phi) is 5.20. The molecular formula is C13H17ClN2O3. The Morgan fingerprint density at radius 2 is 2.16 bits per heavy atom. The molecule has 6 heteroatoms. The highest BCUT2D eigenvalue weighted by Crippen LogP contribution is 2.28. The van der Waals surface area contributed by atoms with Crippen LogP contribution in [0.5, 0.6) is 5.75 Å². The van der Waals surface area contributed by atoms with E-state index in [1.54, 1.807) is 7.11 Å². The van der Waals surface area contributed by atoms with Crippen molar-refractivity contribution in [2.24, 2.45) is 5.73 Å². The van der Waals surface area contributed by atoms with Crippen LogP contribution in [-0.2, 0) is 9.53 Å². The monoisotopic (exact) mass is 284 g/mol. The van der Waals surface area contributed by atoms with E-state index >= 15 is 0 Å². The number of methoxy groups -OCH3 is 2. The normalized spacial score (nSPS) is 11.7. The molecule has 1 atom stereocenters. The van der Waals surface area contributed by atoms with E-state index in [1.165, 1.54) is 7.11 Å². The fourth-order valence-electron chi connectivity index (χ4n) is 1.93. The zero-order valence-electron chi connectivity index (χ0n) is 10.8. The van der Waals surface area contributed by atoms with Gasteiger partial charge in [-0.3, -0.25) is 4.79 Å². The standard InChI is InChI=1S/C13H16N2O3.ClH/c1-17-8-3-4-12-9(5-8)10(7-15-12)11(14)6-13(16)18-2;/h3-5,7,11,15H,6,14H2,1-2H3;1H/t11-;/m0./s1. The van der Waals surface area contributed by atoms with E-state index in [9.17, 15) is 4.79 Å². The Morgan fingerprint density at radius 3 is 2.79 bits per heavy atom. The van der Waals surface area contributed by atoms with E-state index < -0.39 is 6.04 Å². The predicted octanol–water partition coefficient (Wildman–Crippen LogP) is 2.16. The fraction of sp³-hybridized carbons (Fsp3) is 0.308. The summed E-state index contributed by atoms with van der Waals surface area (Å²) in [5.41, 5.74) is 7.86. The Balaban J connectivity index is 0.00000180. The minimum absolute atomic E-state index is 0. The van der Waals surface area contributed by atoms with Crippen LogP contribution in [0.2, 0.25) is 0 Å². The number of carbonyl (C=O) groups excluding carboxylic acids is 1. The Morgan fingerprint density at radius 1 is 1.42 bits per heavy atom. The lowest BCUT2D eigenvalue weighted by Gasteiger charge is -2.09. The first-order valence-electron chi connectivity index (χ1n) is 5.63. The molecule has 0 unspecified atom stereocenters. The first kappa shape index (κ1) is 15.3. The number of H-pyrrole nitrogens is 1. The number of nitrogens with two attached hydrogens (primary N) is 1. The fourth-order valence-corrected chi connectivity index (χ4v) is 1.93. The first-order valence-corrected chi connectivity index (χ1v) is 5.63. The van der Waals surface area contributed by atoms with Gasteiger partial charge in [0.25, 0.3) is 0 Å². The number of fused-ring (bicyclic) bond motifs is 1. The van der Waals surface area contributed by atoms with E-state index in [-0.39, 0.29) is 24.8 Å². The summed E-state index contributed by atoms with van der Waals surface area (Å²) in [5.74, 6) is 0.438. The number of ether oxygens (including phenoxy) is 2. The number of carbonyl (C=O) groups is 1. The van der Waals surface area contributed by atoms with Gasteiger partial charge in [0.15, 0.2) is 0 Å². The van der Waals surface area contributed by atoms with Crippen LogP contribution >= 0.6 is 12.4 Å². The van der Waals surface area contributed by atoms with Crippen molar-refractivity contribution in [3.8, 4) is 5.75 Å². The van der Waals surface area contributed by atoms with Crippen molar-refractivity contribution >= 4 is 29.3 Å². The van der Waals surface area contributed by atoms with Crippen LogP contribution in [0.15, 0.2) is 24.4 Å². The van der Waals surface area contributed by atoms with Crippen LogP contribution in [0.1, 0.15) is 18.0 Å². The predicted molar refractivity (Wildman–Crippen MR) is 75.7 cm³/mol. The molecular weight excluding hydrogens is 268 g/mol. The van der Waals surface area contributed by atoms with Crippen molar-refractivity contribution in [3.05, 3.63) is 30.0 Å². The largest absolute Gasteiger partial charge is 0.497 e. The second-order valence-corrected chi connectivity index (χ2v) is 4.04. The Hall–Kier alpha value is -1.72. The quantitative estimate of drug-likeness (QED) is 0.844. The summed E-state index contributed by atoms with van der Waals surface area (Å²) in [7, 11) is 2.97. The van der Waals surface area contributed by atoms with Crippen molar-refractivity contribution in [1.82, 2.24) is 4.98 Å². The molecule has 0 aliphatic heterocycles. The molecule has 2 rings (SSSR count). The minimum Gasteiger partial charge on any atom is -0.497 e. The second kappa shape index (κ2) is 6.45. The molecule has 19 heavy (non-hydrogen) atoms. The lowest BCUT2D eigenvalue weighted by atomic mass is 10.0. The van der Waals surface area contributed by atoms with E-state index in [2.05, 4.69) is 9.72 Å². The highest BCUT2D eigenvalue weighted by atomic mass is 35.5. The summed E-state index contributed by atoms with van der Waals surface area (Å²) in [6.07, 6.45) is 1.97. The zero-order valence-corrected chi connectivity index (χ0v) is 11.6. The number of aromatic nitrogens is 1. The van der Waals surface area contributed by atoms with Crippen LogP contribution in [-0.4, -0.2) is 25.2 Å². The number of benzene rings is 1. The second-order valence-electron chi connectivity index (χ2n) is 4.04. The van der Waals surface area contributed by atoms with Gasteiger partial charge in [-0.2, -0.15) is 0 Å². The average molecular weight is 285 g/mol. The van der Waals surface area contributed by atoms with E-state index in [0.717, 1.165) is 22.2 Å². The summed E-state index contributed by atoms with van der Waals surface area (Å²) < 4.78 is 9.80. The number of halogens is 1. The molecule has 0 saturated carbocycles. The Bertz CT molecular complexity index is 568. The van der Waals surface area contributed by atoms with Crippen LogP contribution in [0.4, 0.5) is 0 Å². The molecule has 0 saturated heterocycles. The van der Waals surface area contributed by atoms with Crippen molar-refractivity contribution < 1.29 is 14.3 Å². The summed E-state index contributed by atoms with van der Waals surface area (Å²) in [6, 6.07) is 5.30. The SMILES string of the molecule is COC(=O)C[C@H](N)c1c[nH]c2ccc(OC)cc12.Cl. The van der Waals surface area contributed by atoms with Crippen molar-refractivity contribution in [2.45, 2.75) is 12.5 Å². The van der Waals surface area contributed by atoms with Crippen LogP contribution in [0.3, 0.4) is 0 Å². The molecule has 1 heterocycles. The number of esters is 1. The van der Waals surface area contributed by atoms with Gasteiger partial charge in [0.2, 0.25) is 0 Å². The highest BCUT2D eigenvalue weighted by Gasteiger charge is 2.16. The van der Waals surface area contributed by atoms with Gasteiger partial charge in [-0.05, 0) is 23.8 Å². The molecule has 5 nitrogen and oxygen atoms in total. The topological polar surface area (TPSA) is 77.3 Å². The summed E-state index contributed by atoms with van der Waals surface area (Å²) in [6.45, 7) is 0. The van der Waals surface area contributed by atoms with Gasteiger partial charge in [-0.25, -0.2) is 0 Å². The third kappa shape index (κ3) is 3.19. The number of rotatable bonds is 4. The van der Waals surface area contributed by atoms with E-state index in [0.29, 0.717) is 0 Å². The number of hydrogen-bond donors (Lipinski definition) is 2. The summed E-state index contributed by atoms with van der Waals surface area (Å²) >= 11 is 0. The van der Waals surface area contributed by atoms with Gasteiger partial charge in [0, 0.05) is 23.1 Å². The third-order valence-corrected chi connectivity index (χ3v) is 2.93. The van der Waals surface area contributed by atoms with Crippen LogP contribution in [0.25, 0.3) is 10.9 Å². The third-order valence-electron chi connectivity index (χ3n) is 2.93. The molecule has 3 N–H and O–H groups in total. The lowest BCUT2D eigenvalue weighted by molar-refractivity contribution is -0.141. The number of hydrogen-bond acceptors (Lipinski definition) is 4. The van der Waals surface area contributed by atoms with Crippen molar-refractivity contribution in [3.63, 3.8) is 0 Å². The van der Waals surface area contributed by atoms with Crippen LogP contribution in [0, 0.1) is 0 Å². The van der Waals surface area contributed by atoms with Crippen molar-refractivity contribution in [2.75, 3.05) is 14.2 Å². The molecule has 0 radical (unpaired) electrons. The molecule has 0 spiro atoms. The summed E-state index contributed by atoms with van der Waals surface area (Å²) in [5, 5.41) is 0.964. The number of aromatic amines is 1. The smallest absolute Gasteiger partial charge is 0.307 e. The molecule has 104 valence electrons. The molecule has 0 bridgehead atoms. The minimum atomic E-state index is -0.390.